The molecule has 0 fully saturated rings. The van der Waals surface area contributed by atoms with Crippen LogP contribution < -0.4 is 5.73 Å². The number of hydrogen-bond donors (Lipinski definition) is 1. The second-order valence-electron chi connectivity index (χ2n) is 3.59. The van der Waals surface area contributed by atoms with E-state index < -0.39 is 24.8 Å². The largest absolute Gasteiger partial charge is 0.465 e. The summed E-state index contributed by atoms with van der Waals surface area (Å²) in [6.45, 7) is -0.669. The van der Waals surface area contributed by atoms with E-state index in [-0.39, 0.29) is 0 Å². The Balaban J connectivity index is 2.88. The molecule has 17 heavy (non-hydrogen) atoms. The molecule has 2 N–H and O–H groups in total. The van der Waals surface area contributed by atoms with Crippen LogP contribution in [0.25, 0.3) is 0 Å². The van der Waals surface area contributed by atoms with Gasteiger partial charge in [-0.15, -0.1) is 0 Å². The van der Waals surface area contributed by atoms with Crippen LogP contribution in [0.5, 0.6) is 0 Å². The predicted molar refractivity (Wildman–Crippen MR) is 61.5 cm³/mol. The van der Waals surface area contributed by atoms with E-state index in [4.69, 9.17) is 10.5 Å². The van der Waals surface area contributed by atoms with Gasteiger partial charge in [0.1, 0.15) is 6.67 Å². The molecule has 4 nitrogen and oxygen atoms in total. The van der Waals surface area contributed by atoms with E-state index in [1.807, 2.05) is 0 Å². The van der Waals surface area contributed by atoms with Crippen molar-refractivity contribution in [2.75, 3.05) is 20.9 Å². The molecule has 0 aliphatic heterocycles. The van der Waals surface area contributed by atoms with Gasteiger partial charge in [-0.05, 0) is 17.7 Å². The molecule has 0 spiro atoms. The Kier molecular flexibility index (Phi) is 5.06. The maximum atomic E-state index is 12.5. The fourth-order valence-electron chi connectivity index (χ4n) is 1.57. The average molecular weight is 241 g/mol. The van der Waals surface area contributed by atoms with Crippen molar-refractivity contribution in [1.82, 2.24) is 0 Å². The molecule has 2 atom stereocenters. The zero-order valence-corrected chi connectivity index (χ0v) is 9.85. The number of methoxy groups -OCH3 is 2. The number of halogens is 1. The smallest absolute Gasteiger partial charge is 0.337 e. The zero-order valence-electron chi connectivity index (χ0n) is 9.85. The summed E-state index contributed by atoms with van der Waals surface area (Å²) in [4.78, 5) is 11.2. The topological polar surface area (TPSA) is 61.5 Å². The first-order valence-corrected chi connectivity index (χ1v) is 5.16. The highest BCUT2D eigenvalue weighted by Crippen LogP contribution is 2.20. The van der Waals surface area contributed by atoms with Crippen LogP contribution in [0, 0.1) is 0 Å². The van der Waals surface area contributed by atoms with Gasteiger partial charge in [0, 0.05) is 7.11 Å². The summed E-state index contributed by atoms with van der Waals surface area (Å²) in [5.41, 5.74) is 6.75. The van der Waals surface area contributed by atoms with Crippen LogP contribution >= 0.6 is 0 Å². The van der Waals surface area contributed by atoms with Crippen molar-refractivity contribution in [2.24, 2.45) is 5.73 Å². The lowest BCUT2D eigenvalue weighted by molar-refractivity contribution is 0.0599. The van der Waals surface area contributed by atoms with Crippen molar-refractivity contribution in [1.29, 1.82) is 0 Å². The molecule has 0 bridgehead atoms. The van der Waals surface area contributed by atoms with Gasteiger partial charge in [-0.2, -0.15) is 0 Å². The van der Waals surface area contributed by atoms with Crippen molar-refractivity contribution in [3.8, 4) is 0 Å². The second-order valence-corrected chi connectivity index (χ2v) is 3.59. The monoisotopic (exact) mass is 241 g/mol. The van der Waals surface area contributed by atoms with Crippen molar-refractivity contribution in [3.63, 3.8) is 0 Å². The van der Waals surface area contributed by atoms with Crippen LogP contribution in [0.2, 0.25) is 0 Å². The number of ether oxygens (including phenoxy) is 2. The summed E-state index contributed by atoms with van der Waals surface area (Å²) in [5.74, 6) is -0.416. The molecule has 0 amide bonds. The molecule has 1 aromatic carbocycles. The van der Waals surface area contributed by atoms with Crippen molar-refractivity contribution >= 4 is 5.97 Å². The fraction of sp³-hybridized carbons (Fsp3) is 0.417. The minimum atomic E-state index is -0.719. The van der Waals surface area contributed by atoms with Gasteiger partial charge in [-0.1, -0.05) is 12.1 Å². The Labute approximate surface area is 99.5 Å². The van der Waals surface area contributed by atoms with Crippen molar-refractivity contribution in [3.05, 3.63) is 35.4 Å². The second kappa shape index (κ2) is 6.32. The Morgan fingerprint density at radius 1 is 1.35 bits per heavy atom. The lowest BCUT2D eigenvalue weighted by Gasteiger charge is -2.20. The molecule has 0 aliphatic rings. The highest BCUT2D eigenvalue weighted by Gasteiger charge is 2.19. The molecule has 1 rings (SSSR count). The van der Waals surface area contributed by atoms with Gasteiger partial charge < -0.3 is 15.2 Å². The van der Waals surface area contributed by atoms with E-state index in [1.165, 1.54) is 14.2 Å². The third-order valence-electron chi connectivity index (χ3n) is 2.48. The van der Waals surface area contributed by atoms with Gasteiger partial charge in [0.05, 0.1) is 24.8 Å². The summed E-state index contributed by atoms with van der Waals surface area (Å²) < 4.78 is 22.2. The molecule has 5 heteroatoms. The molecule has 0 aliphatic carbocycles. The Morgan fingerprint density at radius 3 is 2.35 bits per heavy atom. The summed E-state index contributed by atoms with van der Waals surface area (Å²) in [6, 6.07) is 5.83. The quantitative estimate of drug-likeness (QED) is 0.793. The van der Waals surface area contributed by atoms with Crippen LogP contribution in [0.15, 0.2) is 24.3 Å². The maximum Gasteiger partial charge on any atom is 0.337 e. The van der Waals surface area contributed by atoms with Gasteiger partial charge in [-0.25, -0.2) is 9.18 Å². The normalized spacial score (nSPS) is 14.1. The molecule has 0 saturated heterocycles. The van der Waals surface area contributed by atoms with Gasteiger partial charge in [0.15, 0.2) is 0 Å². The number of nitrogens with two attached hydrogens (primary N) is 1. The van der Waals surface area contributed by atoms with E-state index in [0.717, 1.165) is 5.56 Å². The molecule has 0 saturated carbocycles. The Morgan fingerprint density at radius 2 is 1.94 bits per heavy atom. The lowest BCUT2D eigenvalue weighted by atomic mass is 10.0. The first-order valence-electron chi connectivity index (χ1n) is 5.16. The summed E-state index contributed by atoms with van der Waals surface area (Å²) >= 11 is 0. The Bertz CT molecular complexity index is 367. The third kappa shape index (κ3) is 3.25. The van der Waals surface area contributed by atoms with Gasteiger partial charge in [0.2, 0.25) is 0 Å². The SMILES string of the molecule is COC(=O)c1ccc([C@@H](OC)[C@H](N)CF)cc1. The third-order valence-corrected chi connectivity index (χ3v) is 2.48. The van der Waals surface area contributed by atoms with Gasteiger partial charge in [0.25, 0.3) is 0 Å². The molecular weight excluding hydrogens is 225 g/mol. The van der Waals surface area contributed by atoms with E-state index in [1.54, 1.807) is 24.3 Å². The fourth-order valence-corrected chi connectivity index (χ4v) is 1.57. The maximum absolute atomic E-state index is 12.5. The van der Waals surface area contributed by atoms with Gasteiger partial charge >= 0.3 is 5.97 Å². The predicted octanol–water partition coefficient (Wildman–Crippen LogP) is 1.46. The number of benzene rings is 1. The van der Waals surface area contributed by atoms with Crippen molar-refractivity contribution in [2.45, 2.75) is 12.1 Å². The number of hydrogen-bond acceptors (Lipinski definition) is 4. The van der Waals surface area contributed by atoms with Crippen LogP contribution in [-0.2, 0) is 9.47 Å². The minimum absolute atomic E-state index is 0.416. The van der Waals surface area contributed by atoms with E-state index in [0.29, 0.717) is 5.56 Å². The highest BCUT2D eigenvalue weighted by molar-refractivity contribution is 5.89. The van der Waals surface area contributed by atoms with E-state index in [2.05, 4.69) is 4.74 Å². The van der Waals surface area contributed by atoms with Crippen molar-refractivity contribution < 1.29 is 18.7 Å². The molecule has 94 valence electrons. The number of alkyl halides is 1. The first kappa shape index (κ1) is 13.6. The van der Waals surface area contributed by atoms with E-state index in [9.17, 15) is 9.18 Å². The molecule has 0 unspecified atom stereocenters. The highest BCUT2D eigenvalue weighted by atomic mass is 19.1. The lowest BCUT2D eigenvalue weighted by Crippen LogP contribution is -2.31. The summed E-state index contributed by atoms with van der Waals surface area (Å²) in [7, 11) is 2.78. The number of carbonyl (C=O) groups is 1. The number of carbonyl (C=O) groups excluding carboxylic acids is 1. The summed E-state index contributed by atoms with van der Waals surface area (Å²) in [5, 5.41) is 0. The number of esters is 1. The summed E-state index contributed by atoms with van der Waals surface area (Å²) in [6.07, 6.45) is -0.522. The molecule has 1 aromatic rings. The molecule has 0 aromatic heterocycles. The van der Waals surface area contributed by atoms with E-state index >= 15 is 0 Å². The molecule has 0 radical (unpaired) electrons. The van der Waals surface area contributed by atoms with Crippen LogP contribution in [0.3, 0.4) is 0 Å². The van der Waals surface area contributed by atoms with Crippen LogP contribution in [0.4, 0.5) is 4.39 Å². The zero-order chi connectivity index (χ0) is 12.8. The Hall–Kier alpha value is -1.46. The minimum Gasteiger partial charge on any atom is -0.465 e. The standard InChI is InChI=1S/C12H16FNO3/c1-16-11(10(14)7-13)8-3-5-9(6-4-8)12(15)17-2/h3-6,10-11H,7,14H2,1-2H3/t10-,11-/m1/s1. The molecule has 0 heterocycles. The number of rotatable bonds is 5. The average Bonchev–Trinajstić information content (AvgIpc) is 2.39. The molecular formula is C12H16FNO3. The van der Waals surface area contributed by atoms with Crippen LogP contribution in [0.1, 0.15) is 22.0 Å². The first-order chi connectivity index (χ1) is 8.13. The van der Waals surface area contributed by atoms with Gasteiger partial charge in [-0.3, -0.25) is 0 Å². The van der Waals surface area contributed by atoms with Crippen LogP contribution in [-0.4, -0.2) is 32.9 Å².